The standard InChI is InChI=1S/C17H18O3S/c18-21(19,20)17(13-14-7-2-1-3-8-14)12-6-10-15-9-4-5-11-16(15)17/h1-5,7-9,11H,6,10,12-13H2,(H,18,19,20). The third kappa shape index (κ3) is 2.49. The molecule has 110 valence electrons. The van der Waals surface area contributed by atoms with Gasteiger partial charge in [0.1, 0.15) is 4.75 Å². The van der Waals surface area contributed by atoms with Crippen LogP contribution in [0.4, 0.5) is 0 Å². The van der Waals surface area contributed by atoms with Crippen molar-refractivity contribution in [3.63, 3.8) is 0 Å². The van der Waals surface area contributed by atoms with Gasteiger partial charge in [0.2, 0.25) is 0 Å². The van der Waals surface area contributed by atoms with Crippen molar-refractivity contribution in [2.75, 3.05) is 0 Å². The van der Waals surface area contributed by atoms with Crippen LogP contribution in [0.25, 0.3) is 0 Å². The van der Waals surface area contributed by atoms with E-state index in [1.807, 2.05) is 54.6 Å². The second-order valence-corrected chi connectivity index (χ2v) is 7.37. The van der Waals surface area contributed by atoms with E-state index < -0.39 is 14.9 Å². The van der Waals surface area contributed by atoms with Gasteiger partial charge in [0.05, 0.1) is 0 Å². The summed E-state index contributed by atoms with van der Waals surface area (Å²) in [5, 5.41) is 0. The molecule has 0 heterocycles. The average Bonchev–Trinajstić information content (AvgIpc) is 2.47. The Bertz CT molecular complexity index is 738. The molecule has 3 rings (SSSR count). The lowest BCUT2D eigenvalue weighted by Gasteiger charge is -2.36. The fraction of sp³-hybridized carbons (Fsp3) is 0.294. The first-order chi connectivity index (χ1) is 10.0. The monoisotopic (exact) mass is 302 g/mol. The van der Waals surface area contributed by atoms with Crippen molar-refractivity contribution >= 4 is 10.1 Å². The number of benzene rings is 2. The average molecular weight is 302 g/mol. The fourth-order valence-corrected chi connectivity index (χ4v) is 4.58. The molecule has 1 aliphatic rings. The van der Waals surface area contributed by atoms with Gasteiger partial charge in [-0.1, -0.05) is 54.6 Å². The van der Waals surface area contributed by atoms with Crippen LogP contribution in [0, 0.1) is 0 Å². The molecular weight excluding hydrogens is 284 g/mol. The summed E-state index contributed by atoms with van der Waals surface area (Å²) in [5.41, 5.74) is 2.70. The Kier molecular flexibility index (Phi) is 3.59. The number of hydrogen-bond donors (Lipinski definition) is 1. The van der Waals surface area contributed by atoms with E-state index >= 15 is 0 Å². The summed E-state index contributed by atoms with van der Waals surface area (Å²) >= 11 is 0. The minimum Gasteiger partial charge on any atom is -0.285 e. The number of hydrogen-bond acceptors (Lipinski definition) is 2. The van der Waals surface area contributed by atoms with Crippen molar-refractivity contribution in [1.29, 1.82) is 0 Å². The molecule has 0 radical (unpaired) electrons. The highest BCUT2D eigenvalue weighted by molar-refractivity contribution is 7.86. The van der Waals surface area contributed by atoms with Crippen LogP contribution < -0.4 is 0 Å². The molecule has 1 unspecified atom stereocenters. The van der Waals surface area contributed by atoms with Crippen LogP contribution in [0.3, 0.4) is 0 Å². The van der Waals surface area contributed by atoms with Gasteiger partial charge in [-0.25, -0.2) is 0 Å². The molecule has 2 aromatic rings. The zero-order valence-electron chi connectivity index (χ0n) is 11.7. The third-order valence-electron chi connectivity index (χ3n) is 4.36. The van der Waals surface area contributed by atoms with Crippen molar-refractivity contribution in [2.45, 2.75) is 30.4 Å². The molecule has 3 nitrogen and oxygen atoms in total. The van der Waals surface area contributed by atoms with Crippen LogP contribution in [0.5, 0.6) is 0 Å². The zero-order chi connectivity index (χ0) is 14.9. The molecule has 21 heavy (non-hydrogen) atoms. The predicted octanol–water partition coefficient (Wildman–Crippen LogP) is 3.35. The summed E-state index contributed by atoms with van der Waals surface area (Å²) in [6, 6.07) is 17.1. The molecule has 0 aromatic heterocycles. The Morgan fingerprint density at radius 3 is 2.38 bits per heavy atom. The molecular formula is C17H18O3S. The topological polar surface area (TPSA) is 54.4 Å². The van der Waals surface area contributed by atoms with Gasteiger partial charge in [-0.05, 0) is 42.4 Å². The van der Waals surface area contributed by atoms with E-state index in [9.17, 15) is 13.0 Å². The minimum atomic E-state index is -4.20. The van der Waals surface area contributed by atoms with E-state index in [1.54, 1.807) is 0 Å². The van der Waals surface area contributed by atoms with Gasteiger partial charge in [-0.3, -0.25) is 4.55 Å². The van der Waals surface area contributed by atoms with Crippen LogP contribution in [0.1, 0.15) is 29.5 Å². The largest absolute Gasteiger partial charge is 0.285 e. The summed E-state index contributed by atoms with van der Waals surface area (Å²) in [7, 11) is -4.20. The lowest BCUT2D eigenvalue weighted by atomic mass is 9.79. The van der Waals surface area contributed by atoms with E-state index in [0.29, 0.717) is 12.8 Å². The van der Waals surface area contributed by atoms with Gasteiger partial charge in [-0.2, -0.15) is 8.42 Å². The number of rotatable bonds is 3. The van der Waals surface area contributed by atoms with Gasteiger partial charge < -0.3 is 0 Å². The molecule has 0 fully saturated rings. The Labute approximate surface area is 125 Å². The first kappa shape index (κ1) is 14.3. The second-order valence-electron chi connectivity index (χ2n) is 5.64. The Morgan fingerprint density at radius 2 is 1.67 bits per heavy atom. The van der Waals surface area contributed by atoms with E-state index in [4.69, 9.17) is 0 Å². The molecule has 1 aliphatic carbocycles. The molecule has 1 atom stereocenters. The third-order valence-corrected chi connectivity index (χ3v) is 5.92. The Balaban J connectivity index is 2.17. The van der Waals surface area contributed by atoms with Gasteiger partial charge >= 0.3 is 0 Å². The van der Waals surface area contributed by atoms with Crippen LogP contribution in [-0.4, -0.2) is 13.0 Å². The fourth-order valence-electron chi connectivity index (χ4n) is 3.35. The van der Waals surface area contributed by atoms with Gasteiger partial charge in [0.15, 0.2) is 0 Å². The SMILES string of the molecule is O=S(=O)(O)C1(Cc2ccccc2)CCCc2ccccc21. The molecule has 1 N–H and O–H groups in total. The molecule has 0 bridgehead atoms. The van der Waals surface area contributed by atoms with Crippen LogP contribution in [0.15, 0.2) is 54.6 Å². The van der Waals surface area contributed by atoms with Gasteiger partial charge in [0, 0.05) is 0 Å². The highest BCUT2D eigenvalue weighted by Crippen LogP contribution is 2.43. The first-order valence-corrected chi connectivity index (χ1v) is 8.56. The second kappa shape index (κ2) is 5.28. The molecule has 0 saturated heterocycles. The summed E-state index contributed by atoms with van der Waals surface area (Å²) in [5.74, 6) is 0. The highest BCUT2D eigenvalue weighted by atomic mass is 32.2. The molecule has 0 aliphatic heterocycles. The summed E-state index contributed by atoms with van der Waals surface area (Å²) in [6.07, 6.45) is 2.40. The van der Waals surface area contributed by atoms with E-state index in [-0.39, 0.29) is 0 Å². The van der Waals surface area contributed by atoms with E-state index in [1.165, 1.54) is 0 Å². The van der Waals surface area contributed by atoms with Crippen molar-refractivity contribution in [1.82, 2.24) is 0 Å². The van der Waals surface area contributed by atoms with Crippen molar-refractivity contribution < 1.29 is 13.0 Å². The molecule has 4 heteroatoms. The number of aryl methyl sites for hydroxylation is 1. The van der Waals surface area contributed by atoms with Gasteiger partial charge in [-0.15, -0.1) is 0 Å². The van der Waals surface area contributed by atoms with Crippen LogP contribution in [-0.2, 0) is 27.7 Å². The maximum absolute atomic E-state index is 12.2. The van der Waals surface area contributed by atoms with Crippen molar-refractivity contribution in [2.24, 2.45) is 0 Å². The first-order valence-electron chi connectivity index (χ1n) is 7.12. The summed E-state index contributed by atoms with van der Waals surface area (Å²) in [4.78, 5) is 0. The smallest absolute Gasteiger partial charge is 0.275 e. The number of fused-ring (bicyclic) bond motifs is 1. The summed E-state index contributed by atoms with van der Waals surface area (Å²) in [6.45, 7) is 0. The lowest BCUT2D eigenvalue weighted by molar-refractivity contribution is 0.390. The Hall–Kier alpha value is -1.65. The molecule has 2 aromatic carbocycles. The molecule has 0 spiro atoms. The van der Waals surface area contributed by atoms with Crippen molar-refractivity contribution in [3.8, 4) is 0 Å². The molecule has 0 amide bonds. The quantitative estimate of drug-likeness (QED) is 0.885. The van der Waals surface area contributed by atoms with Crippen molar-refractivity contribution in [3.05, 3.63) is 71.3 Å². The summed E-state index contributed by atoms with van der Waals surface area (Å²) < 4.78 is 33.2. The van der Waals surface area contributed by atoms with E-state index in [0.717, 1.165) is 29.5 Å². The lowest BCUT2D eigenvalue weighted by Crippen LogP contribution is -2.41. The van der Waals surface area contributed by atoms with Crippen LogP contribution in [0.2, 0.25) is 0 Å². The van der Waals surface area contributed by atoms with Gasteiger partial charge in [0.25, 0.3) is 10.1 Å². The van der Waals surface area contributed by atoms with E-state index in [2.05, 4.69) is 0 Å². The minimum absolute atomic E-state index is 0.309. The maximum atomic E-state index is 12.2. The predicted molar refractivity (Wildman–Crippen MR) is 82.8 cm³/mol. The Morgan fingerprint density at radius 1 is 1.00 bits per heavy atom. The highest BCUT2D eigenvalue weighted by Gasteiger charge is 2.47. The molecule has 0 saturated carbocycles. The normalized spacial score (nSPS) is 21.8. The maximum Gasteiger partial charge on any atom is 0.275 e. The zero-order valence-corrected chi connectivity index (χ0v) is 12.5. The van der Waals surface area contributed by atoms with Crippen LogP contribution >= 0.6 is 0 Å².